The second kappa shape index (κ2) is 9.33. The molecule has 1 aliphatic rings. The average molecular weight is 377 g/mol. The highest BCUT2D eigenvalue weighted by molar-refractivity contribution is 5.85. The lowest BCUT2D eigenvalue weighted by Crippen LogP contribution is -2.56. The van der Waals surface area contributed by atoms with Gasteiger partial charge < -0.3 is 20.3 Å². The number of carbonyl (C=O) groups is 2. The van der Waals surface area contributed by atoms with E-state index < -0.39 is 30.2 Å². The van der Waals surface area contributed by atoms with Crippen molar-refractivity contribution >= 4 is 11.9 Å². The van der Waals surface area contributed by atoms with Gasteiger partial charge in [-0.15, -0.1) is 0 Å². The fraction of sp³-hybridized carbons (Fsp3) is 0.619. The van der Waals surface area contributed by atoms with E-state index in [4.69, 9.17) is 9.84 Å². The third kappa shape index (κ3) is 5.53. The molecule has 0 bridgehead atoms. The van der Waals surface area contributed by atoms with Crippen molar-refractivity contribution in [2.75, 3.05) is 13.2 Å². The number of hydrogen-bond donors (Lipinski definition) is 3. The first-order chi connectivity index (χ1) is 12.7. The summed E-state index contributed by atoms with van der Waals surface area (Å²) in [6, 6.07) is 9.18. The second-order valence-electron chi connectivity index (χ2n) is 7.98. The van der Waals surface area contributed by atoms with Crippen LogP contribution in [0.2, 0.25) is 0 Å². The van der Waals surface area contributed by atoms with Gasteiger partial charge in [-0.05, 0) is 36.2 Å². The van der Waals surface area contributed by atoms with Crippen molar-refractivity contribution in [2.24, 2.45) is 17.8 Å². The van der Waals surface area contributed by atoms with Crippen LogP contribution in [-0.4, -0.2) is 40.8 Å². The number of aliphatic hydroxyl groups is 1. The summed E-state index contributed by atoms with van der Waals surface area (Å²) in [6.07, 6.45) is 1.68. The van der Waals surface area contributed by atoms with Crippen LogP contribution in [0.3, 0.4) is 0 Å². The normalized spacial score (nSPS) is 26.6. The average Bonchev–Trinajstić information content (AvgIpc) is 2.61. The zero-order valence-electron chi connectivity index (χ0n) is 16.4. The molecule has 6 nitrogen and oxygen atoms in total. The number of aliphatic carboxylic acids is 1. The fourth-order valence-corrected chi connectivity index (χ4v) is 4.08. The SMILES string of the molecule is CC(C)[C@@H]1CC[C@@H](C)C[C@@]1(O)C(=O)NC[C@@H](OCC(=O)O)c1ccccc1. The summed E-state index contributed by atoms with van der Waals surface area (Å²) in [5.41, 5.74) is -0.622. The standard InChI is InChI=1S/C21H31NO5/c1-14(2)17-10-9-15(3)11-21(17,26)20(25)22-12-18(27-13-19(23)24)16-7-5-4-6-8-16/h4-8,14-15,17-18,26H,9-13H2,1-3H3,(H,22,25)(H,23,24)/t15-,17+,18-,21+/m1/s1. The van der Waals surface area contributed by atoms with Gasteiger partial charge >= 0.3 is 5.97 Å². The van der Waals surface area contributed by atoms with Gasteiger partial charge in [-0.1, -0.05) is 57.5 Å². The van der Waals surface area contributed by atoms with Crippen molar-refractivity contribution in [2.45, 2.75) is 51.7 Å². The van der Waals surface area contributed by atoms with Gasteiger partial charge in [-0.2, -0.15) is 0 Å². The highest BCUT2D eigenvalue weighted by Gasteiger charge is 2.48. The van der Waals surface area contributed by atoms with Crippen molar-refractivity contribution in [1.82, 2.24) is 5.32 Å². The Bertz CT molecular complexity index is 633. The molecule has 4 atom stereocenters. The molecule has 1 fully saturated rings. The number of rotatable bonds is 8. The molecule has 0 heterocycles. The van der Waals surface area contributed by atoms with Crippen LogP contribution in [0.5, 0.6) is 0 Å². The van der Waals surface area contributed by atoms with Crippen LogP contribution < -0.4 is 5.32 Å². The van der Waals surface area contributed by atoms with E-state index in [-0.39, 0.29) is 24.3 Å². The second-order valence-corrected chi connectivity index (χ2v) is 7.98. The zero-order chi connectivity index (χ0) is 20.0. The van der Waals surface area contributed by atoms with Gasteiger partial charge in [0, 0.05) is 6.54 Å². The van der Waals surface area contributed by atoms with Crippen molar-refractivity contribution in [3.8, 4) is 0 Å². The number of amides is 1. The van der Waals surface area contributed by atoms with Crippen molar-refractivity contribution < 1.29 is 24.5 Å². The van der Waals surface area contributed by atoms with Crippen LogP contribution in [0.1, 0.15) is 51.7 Å². The van der Waals surface area contributed by atoms with E-state index in [1.54, 1.807) is 0 Å². The molecule has 0 unspecified atom stereocenters. The number of hydrogen-bond acceptors (Lipinski definition) is 4. The van der Waals surface area contributed by atoms with Gasteiger partial charge in [-0.25, -0.2) is 4.79 Å². The van der Waals surface area contributed by atoms with Crippen LogP contribution in [-0.2, 0) is 14.3 Å². The summed E-state index contributed by atoms with van der Waals surface area (Å²) >= 11 is 0. The summed E-state index contributed by atoms with van der Waals surface area (Å²) in [4.78, 5) is 23.8. The predicted molar refractivity (Wildman–Crippen MR) is 102 cm³/mol. The van der Waals surface area contributed by atoms with E-state index in [0.29, 0.717) is 6.42 Å². The summed E-state index contributed by atoms with van der Waals surface area (Å²) in [6.45, 7) is 5.77. The minimum absolute atomic E-state index is 0.0937. The van der Waals surface area contributed by atoms with Gasteiger partial charge in [0.15, 0.2) is 0 Å². The van der Waals surface area contributed by atoms with Crippen molar-refractivity contribution in [1.29, 1.82) is 0 Å². The Morgan fingerprint density at radius 2 is 1.93 bits per heavy atom. The molecule has 1 aliphatic carbocycles. The topological polar surface area (TPSA) is 95.9 Å². The minimum atomic E-state index is -1.40. The highest BCUT2D eigenvalue weighted by atomic mass is 16.5. The lowest BCUT2D eigenvalue weighted by molar-refractivity contribution is -0.156. The van der Waals surface area contributed by atoms with E-state index in [2.05, 4.69) is 12.2 Å². The molecule has 0 spiro atoms. The maximum absolute atomic E-state index is 12.9. The summed E-state index contributed by atoms with van der Waals surface area (Å²) in [7, 11) is 0. The van der Waals surface area contributed by atoms with Crippen molar-refractivity contribution in [3.63, 3.8) is 0 Å². The summed E-state index contributed by atoms with van der Waals surface area (Å²) in [5.74, 6) is -1.08. The molecule has 2 rings (SSSR count). The first-order valence-electron chi connectivity index (χ1n) is 9.63. The number of carboxylic acids is 1. The third-order valence-electron chi connectivity index (χ3n) is 5.47. The molecule has 1 amide bonds. The summed E-state index contributed by atoms with van der Waals surface area (Å²) in [5, 5.41) is 22.9. The first-order valence-corrected chi connectivity index (χ1v) is 9.63. The van der Waals surface area contributed by atoms with Gasteiger partial charge in [0.05, 0.1) is 0 Å². The number of ether oxygens (including phenoxy) is 1. The lowest BCUT2D eigenvalue weighted by atomic mass is 9.66. The van der Waals surface area contributed by atoms with Gasteiger partial charge in [-0.3, -0.25) is 4.79 Å². The van der Waals surface area contributed by atoms with Gasteiger partial charge in [0.25, 0.3) is 5.91 Å². The summed E-state index contributed by atoms with van der Waals surface area (Å²) < 4.78 is 5.46. The molecule has 1 aromatic carbocycles. The van der Waals surface area contributed by atoms with Crippen LogP contribution in [0.15, 0.2) is 30.3 Å². The number of benzene rings is 1. The van der Waals surface area contributed by atoms with Crippen LogP contribution in [0, 0.1) is 17.8 Å². The molecule has 0 radical (unpaired) electrons. The van der Waals surface area contributed by atoms with E-state index in [0.717, 1.165) is 18.4 Å². The Kier molecular flexibility index (Phi) is 7.39. The predicted octanol–water partition coefficient (Wildman–Crippen LogP) is 2.77. The Morgan fingerprint density at radius 1 is 1.26 bits per heavy atom. The largest absolute Gasteiger partial charge is 0.480 e. The van der Waals surface area contributed by atoms with E-state index in [1.807, 2.05) is 44.2 Å². The Hall–Kier alpha value is -1.92. The Labute approximate surface area is 160 Å². The van der Waals surface area contributed by atoms with E-state index in [1.165, 1.54) is 0 Å². The quantitative estimate of drug-likeness (QED) is 0.647. The number of carbonyl (C=O) groups excluding carboxylic acids is 1. The minimum Gasteiger partial charge on any atom is -0.480 e. The molecule has 0 aromatic heterocycles. The monoisotopic (exact) mass is 377 g/mol. The lowest BCUT2D eigenvalue weighted by Gasteiger charge is -2.43. The molecular formula is C21H31NO5. The molecule has 27 heavy (non-hydrogen) atoms. The molecule has 0 saturated heterocycles. The molecule has 150 valence electrons. The third-order valence-corrected chi connectivity index (χ3v) is 5.47. The maximum atomic E-state index is 12.9. The van der Waals surface area contributed by atoms with Crippen LogP contribution in [0.25, 0.3) is 0 Å². The zero-order valence-corrected chi connectivity index (χ0v) is 16.4. The smallest absolute Gasteiger partial charge is 0.329 e. The van der Waals surface area contributed by atoms with E-state index in [9.17, 15) is 14.7 Å². The molecule has 6 heteroatoms. The number of nitrogens with one attached hydrogen (secondary N) is 1. The highest BCUT2D eigenvalue weighted by Crippen LogP contribution is 2.41. The molecular weight excluding hydrogens is 346 g/mol. The van der Waals surface area contributed by atoms with Crippen LogP contribution >= 0.6 is 0 Å². The molecule has 1 aromatic rings. The van der Waals surface area contributed by atoms with Crippen molar-refractivity contribution in [3.05, 3.63) is 35.9 Å². The van der Waals surface area contributed by atoms with Crippen LogP contribution in [0.4, 0.5) is 0 Å². The first kappa shape index (κ1) is 21.4. The van der Waals surface area contributed by atoms with Gasteiger partial charge in [0.1, 0.15) is 18.3 Å². The number of carboxylic acid groups (broad SMARTS) is 1. The molecule has 0 aliphatic heterocycles. The van der Waals surface area contributed by atoms with Gasteiger partial charge in [0.2, 0.25) is 0 Å². The Balaban J connectivity index is 2.10. The Morgan fingerprint density at radius 3 is 2.52 bits per heavy atom. The fourth-order valence-electron chi connectivity index (χ4n) is 4.08. The molecule has 3 N–H and O–H groups in total. The molecule has 1 saturated carbocycles. The van der Waals surface area contributed by atoms with E-state index >= 15 is 0 Å². The maximum Gasteiger partial charge on any atom is 0.329 e.